The first kappa shape index (κ1) is 12.2. The van der Waals surface area contributed by atoms with Gasteiger partial charge < -0.3 is 9.72 Å². The summed E-state index contributed by atoms with van der Waals surface area (Å²) in [5.41, 5.74) is 2.09. The number of carbonyl (C=O) groups is 1. The number of hydrogen-bond acceptors (Lipinski definition) is 3. The molecule has 0 amide bonds. The second-order valence-electron chi connectivity index (χ2n) is 6.16. The second kappa shape index (κ2) is 4.08. The first-order chi connectivity index (χ1) is 8.92. The van der Waals surface area contributed by atoms with Crippen LogP contribution in [0.3, 0.4) is 0 Å². The summed E-state index contributed by atoms with van der Waals surface area (Å²) in [6.07, 6.45) is 4.06. The van der Waals surface area contributed by atoms with Crippen LogP contribution in [-0.4, -0.2) is 21.5 Å². The zero-order valence-corrected chi connectivity index (χ0v) is 11.5. The number of nitrogens with one attached hydrogen (secondary N) is 1. The van der Waals surface area contributed by atoms with E-state index >= 15 is 0 Å². The predicted molar refractivity (Wildman–Crippen MR) is 73.2 cm³/mol. The fraction of sp³-hybridized carbons (Fsp3) is 0.467. The Labute approximate surface area is 112 Å². The zero-order chi connectivity index (χ0) is 13.6. The molecular formula is C15H18N2O2. The van der Waals surface area contributed by atoms with Gasteiger partial charge in [0, 0.05) is 17.3 Å². The monoisotopic (exact) mass is 258 g/mol. The average Bonchev–Trinajstić information content (AvgIpc) is 3.06. The van der Waals surface area contributed by atoms with Gasteiger partial charge in [0.15, 0.2) is 0 Å². The molecule has 0 radical (unpaired) electrons. The molecule has 4 nitrogen and oxygen atoms in total. The van der Waals surface area contributed by atoms with E-state index in [1.807, 2.05) is 26.8 Å². The minimum absolute atomic E-state index is 0.323. The zero-order valence-electron chi connectivity index (χ0n) is 11.5. The van der Waals surface area contributed by atoms with Crippen LogP contribution >= 0.6 is 0 Å². The number of pyridine rings is 1. The molecule has 4 heteroatoms. The van der Waals surface area contributed by atoms with Crippen LogP contribution in [0.5, 0.6) is 0 Å². The fourth-order valence-electron chi connectivity index (χ4n) is 2.10. The number of aromatic amines is 1. The molecule has 0 saturated heterocycles. The van der Waals surface area contributed by atoms with Crippen LogP contribution < -0.4 is 0 Å². The third-order valence-corrected chi connectivity index (χ3v) is 3.14. The lowest BCUT2D eigenvalue weighted by Crippen LogP contribution is -2.23. The Balaban J connectivity index is 1.90. The maximum Gasteiger partial charge on any atom is 0.340 e. The molecule has 0 bridgehead atoms. The van der Waals surface area contributed by atoms with Gasteiger partial charge in [0.25, 0.3) is 0 Å². The molecule has 0 aromatic carbocycles. The summed E-state index contributed by atoms with van der Waals surface area (Å²) in [5.74, 6) is 0.329. The molecule has 2 aromatic rings. The van der Waals surface area contributed by atoms with Crippen molar-refractivity contribution in [1.82, 2.24) is 9.97 Å². The molecule has 2 aromatic heterocycles. The van der Waals surface area contributed by atoms with Gasteiger partial charge in [-0.05, 0) is 51.7 Å². The molecule has 0 atom stereocenters. The van der Waals surface area contributed by atoms with Crippen LogP contribution in [0.25, 0.3) is 11.0 Å². The van der Waals surface area contributed by atoms with Crippen LogP contribution in [0.15, 0.2) is 18.3 Å². The third-order valence-electron chi connectivity index (χ3n) is 3.14. The van der Waals surface area contributed by atoms with Crippen molar-refractivity contribution in [3.05, 3.63) is 29.6 Å². The van der Waals surface area contributed by atoms with Crippen LogP contribution in [0, 0.1) is 0 Å². The second-order valence-corrected chi connectivity index (χ2v) is 6.16. The van der Waals surface area contributed by atoms with Crippen LogP contribution in [0.4, 0.5) is 0 Å². The number of ether oxygens (including phenoxy) is 1. The van der Waals surface area contributed by atoms with Gasteiger partial charge in [0.2, 0.25) is 0 Å². The van der Waals surface area contributed by atoms with Gasteiger partial charge >= 0.3 is 5.97 Å². The van der Waals surface area contributed by atoms with E-state index in [2.05, 4.69) is 16.0 Å². The Hall–Kier alpha value is -1.84. The SMILES string of the molecule is CC(C)(C)OC(=O)c1cnc2[nH]c(C3CC3)cc2c1. The Bertz CT molecular complexity index is 633. The topological polar surface area (TPSA) is 55.0 Å². The minimum atomic E-state index is -0.483. The summed E-state index contributed by atoms with van der Waals surface area (Å²) in [5, 5.41) is 0.977. The van der Waals surface area contributed by atoms with Crippen molar-refractivity contribution in [2.45, 2.75) is 45.1 Å². The number of esters is 1. The molecular weight excluding hydrogens is 240 g/mol. The van der Waals surface area contributed by atoms with Gasteiger partial charge in [-0.2, -0.15) is 0 Å². The Morgan fingerprint density at radius 2 is 2.11 bits per heavy atom. The van der Waals surface area contributed by atoms with Crippen molar-refractivity contribution < 1.29 is 9.53 Å². The van der Waals surface area contributed by atoms with Crippen LogP contribution in [-0.2, 0) is 4.74 Å². The largest absolute Gasteiger partial charge is 0.456 e. The number of carbonyl (C=O) groups excluding carboxylic acids is 1. The molecule has 1 fully saturated rings. The first-order valence-electron chi connectivity index (χ1n) is 6.64. The van der Waals surface area contributed by atoms with Crippen molar-refractivity contribution in [3.8, 4) is 0 Å². The first-order valence-corrected chi connectivity index (χ1v) is 6.64. The van der Waals surface area contributed by atoms with Gasteiger partial charge in [-0.3, -0.25) is 0 Å². The molecule has 1 aliphatic carbocycles. The number of H-pyrrole nitrogens is 1. The molecule has 1 aliphatic rings. The molecule has 19 heavy (non-hydrogen) atoms. The van der Waals surface area contributed by atoms with Gasteiger partial charge in [0.1, 0.15) is 11.2 Å². The normalized spacial score (nSPS) is 15.7. The summed E-state index contributed by atoms with van der Waals surface area (Å²) in [6, 6.07) is 3.94. The van der Waals surface area contributed by atoms with Gasteiger partial charge in [-0.15, -0.1) is 0 Å². The summed E-state index contributed by atoms with van der Waals surface area (Å²) in [4.78, 5) is 19.6. The molecule has 100 valence electrons. The Kier molecular flexibility index (Phi) is 2.62. The number of hydrogen-bond donors (Lipinski definition) is 1. The third kappa shape index (κ3) is 2.62. The molecule has 0 spiro atoms. The Morgan fingerprint density at radius 3 is 2.74 bits per heavy atom. The summed E-state index contributed by atoms with van der Waals surface area (Å²) < 4.78 is 5.35. The lowest BCUT2D eigenvalue weighted by atomic mass is 10.2. The van der Waals surface area contributed by atoms with Crippen molar-refractivity contribution in [2.24, 2.45) is 0 Å². The molecule has 1 N–H and O–H groups in total. The molecule has 1 saturated carbocycles. The quantitative estimate of drug-likeness (QED) is 0.840. The highest BCUT2D eigenvalue weighted by molar-refractivity contribution is 5.93. The van der Waals surface area contributed by atoms with Crippen LogP contribution in [0.2, 0.25) is 0 Å². The Morgan fingerprint density at radius 1 is 1.37 bits per heavy atom. The van der Waals surface area contributed by atoms with Crippen molar-refractivity contribution >= 4 is 17.0 Å². The predicted octanol–water partition coefficient (Wildman–Crippen LogP) is 3.40. The number of aromatic nitrogens is 2. The van der Waals surface area contributed by atoms with E-state index in [4.69, 9.17) is 4.74 Å². The highest BCUT2D eigenvalue weighted by Gasteiger charge is 2.25. The van der Waals surface area contributed by atoms with E-state index in [9.17, 15) is 4.79 Å². The summed E-state index contributed by atoms with van der Waals surface area (Å²) in [6.45, 7) is 5.58. The lowest BCUT2D eigenvalue weighted by molar-refractivity contribution is 0.00693. The van der Waals surface area contributed by atoms with Gasteiger partial charge in [-0.25, -0.2) is 9.78 Å². The molecule has 3 rings (SSSR count). The highest BCUT2D eigenvalue weighted by Crippen LogP contribution is 2.40. The van der Waals surface area contributed by atoms with Crippen LogP contribution in [0.1, 0.15) is 55.6 Å². The fourth-order valence-corrected chi connectivity index (χ4v) is 2.10. The molecule has 2 heterocycles. The standard InChI is InChI=1S/C15H18N2O2/c1-15(2,3)19-14(18)11-6-10-7-12(9-4-5-9)17-13(10)16-8-11/h6-9H,4-5H2,1-3H3,(H,16,17). The van der Waals surface area contributed by atoms with E-state index in [0.717, 1.165) is 11.0 Å². The highest BCUT2D eigenvalue weighted by atomic mass is 16.6. The average molecular weight is 258 g/mol. The maximum absolute atomic E-state index is 12.0. The van der Waals surface area contributed by atoms with E-state index in [0.29, 0.717) is 11.5 Å². The number of nitrogens with zero attached hydrogens (tertiary/aromatic N) is 1. The summed E-state index contributed by atoms with van der Waals surface area (Å²) in [7, 11) is 0. The number of rotatable bonds is 2. The number of fused-ring (bicyclic) bond motifs is 1. The van der Waals surface area contributed by atoms with Crippen molar-refractivity contribution in [1.29, 1.82) is 0 Å². The van der Waals surface area contributed by atoms with E-state index in [1.54, 1.807) is 6.20 Å². The molecule has 0 aliphatic heterocycles. The summed E-state index contributed by atoms with van der Waals surface area (Å²) >= 11 is 0. The van der Waals surface area contributed by atoms with E-state index < -0.39 is 5.60 Å². The van der Waals surface area contributed by atoms with Gasteiger partial charge in [-0.1, -0.05) is 0 Å². The lowest BCUT2D eigenvalue weighted by Gasteiger charge is -2.19. The molecule has 0 unspecified atom stereocenters. The van der Waals surface area contributed by atoms with E-state index in [-0.39, 0.29) is 5.97 Å². The maximum atomic E-state index is 12.0. The van der Waals surface area contributed by atoms with Gasteiger partial charge in [0.05, 0.1) is 5.56 Å². The smallest absolute Gasteiger partial charge is 0.340 e. The van der Waals surface area contributed by atoms with E-state index in [1.165, 1.54) is 18.5 Å². The minimum Gasteiger partial charge on any atom is -0.456 e. The van der Waals surface area contributed by atoms with Crippen molar-refractivity contribution in [2.75, 3.05) is 0 Å². The van der Waals surface area contributed by atoms with Crippen molar-refractivity contribution in [3.63, 3.8) is 0 Å².